The van der Waals surface area contributed by atoms with Crippen LogP contribution in [0.3, 0.4) is 0 Å². The summed E-state index contributed by atoms with van der Waals surface area (Å²) in [6.07, 6.45) is 6.67. The van der Waals surface area contributed by atoms with Crippen molar-refractivity contribution in [1.29, 1.82) is 0 Å². The predicted octanol–water partition coefficient (Wildman–Crippen LogP) is 3.48. The third kappa shape index (κ3) is 3.28. The number of nitrogens with two attached hydrogens (primary N) is 1. The molecule has 0 amide bonds. The number of aryl methyl sites for hydroxylation is 1. The molecule has 1 aromatic carbocycles. The first-order chi connectivity index (χ1) is 10.8. The number of aromatic nitrogens is 2. The van der Waals surface area contributed by atoms with Crippen molar-refractivity contribution in [3.05, 3.63) is 41.7 Å². The van der Waals surface area contributed by atoms with E-state index in [1.807, 2.05) is 6.20 Å². The van der Waals surface area contributed by atoms with Crippen LogP contribution in [0.15, 0.2) is 30.5 Å². The van der Waals surface area contributed by atoms with Gasteiger partial charge >= 0.3 is 0 Å². The van der Waals surface area contributed by atoms with Crippen LogP contribution in [0, 0.1) is 6.92 Å². The summed E-state index contributed by atoms with van der Waals surface area (Å²) in [6, 6.07) is 8.37. The van der Waals surface area contributed by atoms with Crippen molar-refractivity contribution < 1.29 is 0 Å². The highest BCUT2D eigenvalue weighted by Crippen LogP contribution is 2.39. The van der Waals surface area contributed by atoms with Crippen LogP contribution in [0.1, 0.15) is 42.9 Å². The van der Waals surface area contributed by atoms with Crippen LogP contribution in [-0.2, 0) is 0 Å². The average molecular weight is 296 g/mol. The molecule has 22 heavy (non-hydrogen) atoms. The van der Waals surface area contributed by atoms with Crippen molar-refractivity contribution >= 4 is 5.69 Å². The highest BCUT2D eigenvalue weighted by molar-refractivity contribution is 5.59. The Morgan fingerprint density at radius 1 is 1.32 bits per heavy atom. The zero-order valence-corrected chi connectivity index (χ0v) is 13.2. The van der Waals surface area contributed by atoms with Gasteiger partial charge in [0.1, 0.15) is 0 Å². The van der Waals surface area contributed by atoms with E-state index in [2.05, 4.69) is 41.5 Å². The van der Waals surface area contributed by atoms with E-state index in [4.69, 9.17) is 10.7 Å². The van der Waals surface area contributed by atoms with Gasteiger partial charge in [-0.25, -0.2) is 9.97 Å². The van der Waals surface area contributed by atoms with Crippen LogP contribution in [0.25, 0.3) is 11.4 Å². The van der Waals surface area contributed by atoms with Gasteiger partial charge in [-0.15, -0.1) is 0 Å². The van der Waals surface area contributed by atoms with Gasteiger partial charge in [0.2, 0.25) is 0 Å². The number of hydrogen-bond acceptors (Lipinski definition) is 4. The minimum atomic E-state index is 0.576. The fraction of sp³-hybridized carbons (Fsp3) is 0.444. The molecule has 1 fully saturated rings. The van der Waals surface area contributed by atoms with E-state index in [0.717, 1.165) is 30.0 Å². The zero-order chi connectivity index (χ0) is 15.4. The molecular weight excluding hydrogens is 272 g/mol. The quantitative estimate of drug-likeness (QED) is 0.801. The summed E-state index contributed by atoms with van der Waals surface area (Å²) in [5.41, 5.74) is 10.1. The molecule has 0 bridgehead atoms. The Morgan fingerprint density at radius 3 is 2.86 bits per heavy atom. The first-order valence-corrected chi connectivity index (χ1v) is 8.16. The molecule has 0 atom stereocenters. The van der Waals surface area contributed by atoms with Gasteiger partial charge in [0, 0.05) is 18.0 Å². The predicted molar refractivity (Wildman–Crippen MR) is 91.0 cm³/mol. The van der Waals surface area contributed by atoms with Crippen molar-refractivity contribution in [2.75, 3.05) is 18.4 Å². The Labute approximate surface area is 132 Å². The summed E-state index contributed by atoms with van der Waals surface area (Å²) in [5, 5.41) is 3.45. The van der Waals surface area contributed by atoms with E-state index in [0.29, 0.717) is 12.5 Å². The summed E-state index contributed by atoms with van der Waals surface area (Å²) < 4.78 is 0. The third-order valence-electron chi connectivity index (χ3n) is 4.28. The second-order valence-corrected chi connectivity index (χ2v) is 6.06. The van der Waals surface area contributed by atoms with Crippen molar-refractivity contribution in [1.82, 2.24) is 9.97 Å². The number of anilines is 1. The van der Waals surface area contributed by atoms with Gasteiger partial charge in [-0.05, 0) is 38.8 Å². The minimum absolute atomic E-state index is 0.576. The molecule has 0 unspecified atom stereocenters. The molecule has 2 aromatic rings. The average Bonchev–Trinajstić information content (AvgIpc) is 2.47. The summed E-state index contributed by atoms with van der Waals surface area (Å²) in [4.78, 5) is 9.45. The largest absolute Gasteiger partial charge is 0.382 e. The molecule has 0 saturated heterocycles. The van der Waals surface area contributed by atoms with Crippen molar-refractivity contribution in [3.8, 4) is 11.4 Å². The Morgan fingerprint density at radius 2 is 2.18 bits per heavy atom. The molecular formula is C18H24N4. The summed E-state index contributed by atoms with van der Waals surface area (Å²) in [7, 11) is 0. The van der Waals surface area contributed by atoms with Crippen LogP contribution in [0.4, 0.5) is 5.69 Å². The van der Waals surface area contributed by atoms with Crippen molar-refractivity contribution in [2.45, 2.75) is 38.5 Å². The first-order valence-electron chi connectivity index (χ1n) is 8.16. The Balaban J connectivity index is 1.89. The van der Waals surface area contributed by atoms with Gasteiger partial charge in [-0.2, -0.15) is 0 Å². The first kappa shape index (κ1) is 15.0. The highest BCUT2D eigenvalue weighted by Gasteiger charge is 2.24. The molecule has 3 rings (SSSR count). The molecule has 1 aliphatic carbocycles. The third-order valence-corrected chi connectivity index (χ3v) is 4.28. The van der Waals surface area contributed by atoms with E-state index in [1.54, 1.807) is 0 Å². The van der Waals surface area contributed by atoms with Crippen LogP contribution >= 0.6 is 0 Å². The van der Waals surface area contributed by atoms with Gasteiger partial charge in [0.05, 0.1) is 17.6 Å². The molecule has 0 radical (unpaired) electrons. The van der Waals surface area contributed by atoms with Gasteiger partial charge in [0.25, 0.3) is 0 Å². The maximum absolute atomic E-state index is 5.57. The normalized spacial score (nSPS) is 14.6. The molecule has 1 heterocycles. The Kier molecular flexibility index (Phi) is 4.68. The lowest BCUT2D eigenvalue weighted by Crippen LogP contribution is -2.16. The van der Waals surface area contributed by atoms with Crippen LogP contribution < -0.4 is 11.1 Å². The number of nitrogens with zero attached hydrogens (tertiary/aromatic N) is 2. The zero-order valence-electron chi connectivity index (χ0n) is 13.2. The fourth-order valence-corrected chi connectivity index (χ4v) is 2.77. The smallest absolute Gasteiger partial charge is 0.159 e. The summed E-state index contributed by atoms with van der Waals surface area (Å²) in [5.74, 6) is 1.40. The summed E-state index contributed by atoms with van der Waals surface area (Å²) in [6.45, 7) is 3.68. The lowest BCUT2D eigenvalue weighted by molar-refractivity contribution is 0.412. The van der Waals surface area contributed by atoms with Gasteiger partial charge < -0.3 is 11.1 Å². The molecule has 0 aliphatic heterocycles. The molecule has 3 N–H and O–H groups in total. The highest BCUT2D eigenvalue weighted by atomic mass is 15.0. The number of benzene rings is 1. The molecule has 1 aliphatic rings. The molecule has 4 nitrogen and oxygen atoms in total. The van der Waals surface area contributed by atoms with Gasteiger partial charge in [-0.3, -0.25) is 0 Å². The second kappa shape index (κ2) is 6.88. The Hall–Kier alpha value is -1.94. The van der Waals surface area contributed by atoms with Crippen molar-refractivity contribution in [3.63, 3.8) is 0 Å². The lowest BCUT2D eigenvalue weighted by atomic mass is 9.82. The second-order valence-electron chi connectivity index (χ2n) is 6.06. The van der Waals surface area contributed by atoms with E-state index >= 15 is 0 Å². The molecule has 1 saturated carbocycles. The number of hydrogen-bond donors (Lipinski definition) is 2. The summed E-state index contributed by atoms with van der Waals surface area (Å²) >= 11 is 0. The van der Waals surface area contributed by atoms with Crippen LogP contribution in [0.5, 0.6) is 0 Å². The van der Waals surface area contributed by atoms with E-state index < -0.39 is 0 Å². The molecule has 1 aromatic heterocycles. The number of rotatable bonds is 6. The van der Waals surface area contributed by atoms with Crippen LogP contribution in [-0.4, -0.2) is 23.1 Å². The molecule has 4 heteroatoms. The molecule has 116 valence electrons. The van der Waals surface area contributed by atoms with E-state index in [-0.39, 0.29) is 0 Å². The molecule has 0 spiro atoms. The van der Waals surface area contributed by atoms with E-state index in [1.165, 1.54) is 30.5 Å². The standard InChI is InChI=1S/C18H24N4/c1-13-5-2-8-15(11-13)18-21-12-16(20-10-4-9-19)17(22-18)14-6-3-7-14/h2,5,8,11-12,14,20H,3-4,6-7,9-10,19H2,1H3. The topological polar surface area (TPSA) is 63.8 Å². The SMILES string of the molecule is Cc1cccc(-c2ncc(NCCCN)c(C3CCC3)n2)c1. The van der Waals surface area contributed by atoms with Gasteiger partial charge in [-0.1, -0.05) is 30.2 Å². The van der Waals surface area contributed by atoms with Crippen LogP contribution in [0.2, 0.25) is 0 Å². The van der Waals surface area contributed by atoms with Gasteiger partial charge in [0.15, 0.2) is 5.82 Å². The van der Waals surface area contributed by atoms with E-state index in [9.17, 15) is 0 Å². The maximum atomic E-state index is 5.57. The monoisotopic (exact) mass is 296 g/mol. The maximum Gasteiger partial charge on any atom is 0.159 e. The number of nitrogens with one attached hydrogen (secondary N) is 1. The van der Waals surface area contributed by atoms with Crippen molar-refractivity contribution in [2.24, 2.45) is 5.73 Å². The lowest BCUT2D eigenvalue weighted by Gasteiger charge is -2.27. The Bertz CT molecular complexity index is 635. The fourth-order valence-electron chi connectivity index (χ4n) is 2.77. The minimum Gasteiger partial charge on any atom is -0.382 e.